The molecule has 0 saturated heterocycles. The summed E-state index contributed by atoms with van der Waals surface area (Å²) in [6.07, 6.45) is 2.06. The van der Waals surface area contributed by atoms with Gasteiger partial charge in [-0.1, -0.05) is 34.6 Å². The van der Waals surface area contributed by atoms with E-state index in [1.54, 1.807) is 17.0 Å². The van der Waals surface area contributed by atoms with Crippen LogP contribution in [0.1, 0.15) is 18.4 Å². The Morgan fingerprint density at radius 1 is 1.42 bits per heavy atom. The molecule has 2 amide bonds. The first kappa shape index (κ1) is 14.1. The van der Waals surface area contributed by atoms with Crippen molar-refractivity contribution >= 4 is 22.0 Å². The summed E-state index contributed by atoms with van der Waals surface area (Å²) < 4.78 is 13.6. The topological polar surface area (TPSA) is 32.3 Å². The molecule has 0 aromatic heterocycles. The Balaban J connectivity index is 1.97. The summed E-state index contributed by atoms with van der Waals surface area (Å²) in [5.41, 5.74) is 0.932. The van der Waals surface area contributed by atoms with Crippen molar-refractivity contribution in [2.45, 2.75) is 25.4 Å². The molecule has 1 aromatic rings. The number of nitrogens with one attached hydrogen (secondary N) is 1. The maximum Gasteiger partial charge on any atom is 0.318 e. The molecular formula is C14H16BrFN2O. The van der Waals surface area contributed by atoms with Crippen LogP contribution in [0.5, 0.6) is 0 Å². The van der Waals surface area contributed by atoms with E-state index in [2.05, 4.69) is 27.8 Å². The van der Waals surface area contributed by atoms with Crippen LogP contribution in [0.4, 0.5) is 9.18 Å². The Hall–Kier alpha value is -1.36. The molecule has 1 aromatic carbocycles. The van der Waals surface area contributed by atoms with Crippen LogP contribution in [0.25, 0.3) is 0 Å². The van der Waals surface area contributed by atoms with Crippen LogP contribution in [0, 0.1) is 5.82 Å². The van der Waals surface area contributed by atoms with Crippen molar-refractivity contribution in [2.24, 2.45) is 0 Å². The van der Waals surface area contributed by atoms with E-state index < -0.39 is 0 Å². The molecule has 19 heavy (non-hydrogen) atoms. The lowest BCUT2D eigenvalue weighted by Gasteiger charge is -2.23. The van der Waals surface area contributed by atoms with E-state index in [9.17, 15) is 9.18 Å². The summed E-state index contributed by atoms with van der Waals surface area (Å²) in [4.78, 5) is 13.9. The van der Waals surface area contributed by atoms with Gasteiger partial charge in [0.25, 0.3) is 0 Å². The second-order valence-corrected chi connectivity index (χ2v) is 5.78. The number of benzene rings is 1. The van der Waals surface area contributed by atoms with Crippen LogP contribution in [0.2, 0.25) is 0 Å². The molecule has 1 N–H and O–H groups in total. The fourth-order valence-corrected chi connectivity index (χ4v) is 1.95. The molecule has 0 bridgehead atoms. The first-order valence-electron chi connectivity index (χ1n) is 6.18. The van der Waals surface area contributed by atoms with E-state index in [0.29, 0.717) is 19.1 Å². The van der Waals surface area contributed by atoms with Gasteiger partial charge >= 0.3 is 6.03 Å². The maximum absolute atomic E-state index is 12.9. The van der Waals surface area contributed by atoms with E-state index in [1.165, 1.54) is 12.1 Å². The summed E-state index contributed by atoms with van der Waals surface area (Å²) in [6.45, 7) is 4.60. The largest absolute Gasteiger partial charge is 0.333 e. The molecule has 0 heterocycles. The van der Waals surface area contributed by atoms with Gasteiger partial charge < -0.3 is 10.2 Å². The summed E-state index contributed by atoms with van der Waals surface area (Å²) in [6, 6.07) is 6.45. The van der Waals surface area contributed by atoms with Gasteiger partial charge in [0.1, 0.15) is 5.82 Å². The fraction of sp³-hybridized carbons (Fsp3) is 0.357. The van der Waals surface area contributed by atoms with Crippen molar-refractivity contribution in [1.29, 1.82) is 0 Å². The molecule has 0 spiro atoms. The molecule has 0 radical (unpaired) electrons. The van der Waals surface area contributed by atoms with Crippen molar-refractivity contribution in [1.82, 2.24) is 10.2 Å². The third kappa shape index (κ3) is 4.35. The van der Waals surface area contributed by atoms with Crippen molar-refractivity contribution in [3.8, 4) is 0 Å². The van der Waals surface area contributed by atoms with Gasteiger partial charge in [-0.3, -0.25) is 0 Å². The minimum atomic E-state index is -0.262. The van der Waals surface area contributed by atoms with Crippen LogP contribution in [0.15, 0.2) is 35.3 Å². The number of amides is 2. The third-order valence-electron chi connectivity index (χ3n) is 2.95. The SMILES string of the molecule is C=C(Br)CNC(=O)N(Cc1ccc(F)cc1)C1CC1. The van der Waals surface area contributed by atoms with Crippen LogP contribution < -0.4 is 5.32 Å². The molecule has 2 rings (SSSR count). The highest BCUT2D eigenvalue weighted by Gasteiger charge is 2.32. The van der Waals surface area contributed by atoms with Gasteiger partial charge in [-0.15, -0.1) is 0 Å². The second-order valence-electron chi connectivity index (χ2n) is 4.66. The summed E-state index contributed by atoms with van der Waals surface area (Å²) in [7, 11) is 0. The standard InChI is InChI=1S/C14H16BrFN2O/c1-10(15)8-17-14(19)18(13-6-7-13)9-11-2-4-12(16)5-3-11/h2-5,13H,1,6-9H2,(H,17,19). The van der Waals surface area contributed by atoms with E-state index in [4.69, 9.17) is 0 Å². The van der Waals surface area contributed by atoms with Gasteiger partial charge in [0.15, 0.2) is 0 Å². The van der Waals surface area contributed by atoms with Gasteiger partial charge in [-0.05, 0) is 30.5 Å². The third-order valence-corrected chi connectivity index (χ3v) is 3.23. The second kappa shape index (κ2) is 6.19. The number of halogens is 2. The lowest BCUT2D eigenvalue weighted by Crippen LogP contribution is -2.41. The molecule has 1 aliphatic carbocycles. The minimum Gasteiger partial charge on any atom is -0.333 e. The van der Waals surface area contributed by atoms with E-state index in [0.717, 1.165) is 22.9 Å². The monoisotopic (exact) mass is 326 g/mol. The number of hydrogen-bond acceptors (Lipinski definition) is 1. The van der Waals surface area contributed by atoms with E-state index in [1.807, 2.05) is 0 Å². The number of carbonyl (C=O) groups is 1. The van der Waals surface area contributed by atoms with Crippen LogP contribution in [-0.2, 0) is 6.54 Å². The first-order valence-corrected chi connectivity index (χ1v) is 6.98. The number of rotatable bonds is 5. The lowest BCUT2D eigenvalue weighted by molar-refractivity contribution is 0.193. The number of urea groups is 1. The zero-order valence-corrected chi connectivity index (χ0v) is 12.1. The van der Waals surface area contributed by atoms with Crippen LogP contribution in [-0.4, -0.2) is 23.5 Å². The van der Waals surface area contributed by atoms with E-state index in [-0.39, 0.29) is 11.8 Å². The predicted molar refractivity (Wildman–Crippen MR) is 76.4 cm³/mol. The van der Waals surface area contributed by atoms with Gasteiger partial charge in [-0.25, -0.2) is 9.18 Å². The molecule has 3 nitrogen and oxygen atoms in total. The number of nitrogens with zero attached hydrogens (tertiary/aromatic N) is 1. The average Bonchev–Trinajstić information content (AvgIpc) is 3.19. The van der Waals surface area contributed by atoms with Gasteiger partial charge in [0.05, 0.1) is 6.54 Å². The highest BCUT2D eigenvalue weighted by atomic mass is 79.9. The Bertz CT molecular complexity index is 471. The summed E-state index contributed by atoms with van der Waals surface area (Å²) in [5.74, 6) is -0.262. The smallest absolute Gasteiger partial charge is 0.318 e. The van der Waals surface area contributed by atoms with E-state index >= 15 is 0 Å². The predicted octanol–water partition coefficient (Wildman–Crippen LogP) is 3.41. The Morgan fingerprint density at radius 3 is 2.58 bits per heavy atom. The zero-order valence-electron chi connectivity index (χ0n) is 10.5. The normalized spacial score (nSPS) is 14.0. The molecular weight excluding hydrogens is 311 g/mol. The van der Waals surface area contributed by atoms with Crippen molar-refractivity contribution in [3.63, 3.8) is 0 Å². The molecule has 5 heteroatoms. The molecule has 1 aliphatic rings. The Kier molecular flexibility index (Phi) is 4.58. The first-order chi connectivity index (χ1) is 9.06. The lowest BCUT2D eigenvalue weighted by atomic mass is 10.2. The fourth-order valence-electron chi connectivity index (χ4n) is 1.81. The Labute approximate surface area is 120 Å². The van der Waals surface area contributed by atoms with Crippen LogP contribution in [0.3, 0.4) is 0 Å². The molecule has 102 valence electrons. The maximum atomic E-state index is 12.9. The number of hydrogen-bond donors (Lipinski definition) is 1. The quantitative estimate of drug-likeness (QED) is 0.883. The van der Waals surface area contributed by atoms with Gasteiger partial charge in [-0.2, -0.15) is 0 Å². The van der Waals surface area contributed by atoms with Crippen molar-refractivity contribution < 1.29 is 9.18 Å². The molecule has 0 atom stereocenters. The van der Waals surface area contributed by atoms with Gasteiger partial charge in [0, 0.05) is 17.1 Å². The molecule has 1 fully saturated rings. The number of carbonyl (C=O) groups excluding carboxylic acids is 1. The Morgan fingerprint density at radius 2 is 2.05 bits per heavy atom. The summed E-state index contributed by atoms with van der Waals surface area (Å²) >= 11 is 3.21. The molecule has 0 unspecified atom stereocenters. The highest BCUT2D eigenvalue weighted by Crippen LogP contribution is 2.28. The average molecular weight is 327 g/mol. The van der Waals surface area contributed by atoms with Crippen molar-refractivity contribution in [3.05, 3.63) is 46.7 Å². The van der Waals surface area contributed by atoms with Crippen molar-refractivity contribution in [2.75, 3.05) is 6.54 Å². The molecule has 1 saturated carbocycles. The highest BCUT2D eigenvalue weighted by molar-refractivity contribution is 9.11. The minimum absolute atomic E-state index is 0.104. The van der Waals surface area contributed by atoms with Gasteiger partial charge in [0.2, 0.25) is 0 Å². The van der Waals surface area contributed by atoms with Crippen LogP contribution >= 0.6 is 15.9 Å². The summed E-state index contributed by atoms with van der Waals surface area (Å²) in [5, 5.41) is 2.80. The zero-order chi connectivity index (χ0) is 13.8. The molecule has 0 aliphatic heterocycles.